The fourth-order valence-electron chi connectivity index (χ4n) is 2.82. The summed E-state index contributed by atoms with van der Waals surface area (Å²) in [5.74, 6) is 0.865. The molecule has 0 atom stereocenters. The van der Waals surface area contributed by atoms with Crippen LogP contribution in [0.1, 0.15) is 11.3 Å². The summed E-state index contributed by atoms with van der Waals surface area (Å²) < 4.78 is 8.60. The van der Waals surface area contributed by atoms with E-state index in [-0.39, 0.29) is 18.2 Å². The Morgan fingerprint density at radius 2 is 2.04 bits per heavy atom. The Labute approximate surface area is 145 Å². The average Bonchev–Trinajstić information content (AvgIpc) is 3.11. The first kappa shape index (κ1) is 16.9. The third kappa shape index (κ3) is 3.31. The van der Waals surface area contributed by atoms with Crippen molar-refractivity contribution < 1.29 is 14.6 Å². The van der Waals surface area contributed by atoms with Crippen LogP contribution < -0.4 is 10.1 Å². The lowest BCUT2D eigenvalue weighted by Crippen LogP contribution is -2.29. The number of fused-ring (bicyclic) bond motifs is 1. The summed E-state index contributed by atoms with van der Waals surface area (Å²) in [7, 11) is 3.47. The van der Waals surface area contributed by atoms with Gasteiger partial charge in [-0.2, -0.15) is 0 Å². The molecular formula is C18H22N4O3. The smallest absolute Gasteiger partial charge is 0.240 e. The van der Waals surface area contributed by atoms with Crippen LogP contribution in [-0.2, 0) is 24.8 Å². The molecule has 3 rings (SSSR count). The van der Waals surface area contributed by atoms with Crippen LogP contribution in [-0.4, -0.2) is 38.8 Å². The number of aromatic hydroxyl groups is 1. The molecule has 0 fully saturated rings. The molecule has 0 saturated heterocycles. The number of aryl methyl sites for hydroxylation is 1. The van der Waals surface area contributed by atoms with Crippen LogP contribution in [0, 0.1) is 6.92 Å². The molecule has 2 N–H and O–H groups in total. The Bertz CT molecular complexity index is 893. The number of benzene rings is 1. The van der Waals surface area contributed by atoms with Crippen molar-refractivity contribution in [3.8, 4) is 11.5 Å². The molecule has 0 spiro atoms. The van der Waals surface area contributed by atoms with Gasteiger partial charge in [-0.3, -0.25) is 4.79 Å². The van der Waals surface area contributed by atoms with Crippen LogP contribution in [0.4, 0.5) is 0 Å². The van der Waals surface area contributed by atoms with E-state index in [9.17, 15) is 9.90 Å². The minimum atomic E-state index is -0.117. The fraction of sp³-hybridized carbons (Fsp3) is 0.333. The van der Waals surface area contributed by atoms with E-state index >= 15 is 0 Å². The molecule has 3 aromatic rings. The van der Waals surface area contributed by atoms with Crippen LogP contribution in [0.15, 0.2) is 30.6 Å². The molecule has 0 aliphatic heterocycles. The van der Waals surface area contributed by atoms with Gasteiger partial charge < -0.3 is 24.3 Å². The van der Waals surface area contributed by atoms with Crippen LogP contribution in [0.5, 0.6) is 11.5 Å². The summed E-state index contributed by atoms with van der Waals surface area (Å²) in [4.78, 5) is 16.5. The summed E-state index contributed by atoms with van der Waals surface area (Å²) in [6.07, 6.45) is 2.32. The molecule has 1 amide bonds. The summed E-state index contributed by atoms with van der Waals surface area (Å²) in [5, 5.41) is 13.1. The zero-order chi connectivity index (χ0) is 18.0. The molecule has 0 bridgehead atoms. The van der Waals surface area contributed by atoms with E-state index in [1.807, 2.05) is 42.8 Å². The zero-order valence-electron chi connectivity index (χ0n) is 14.6. The Hall–Kier alpha value is -2.96. The van der Waals surface area contributed by atoms with Crippen molar-refractivity contribution in [2.24, 2.45) is 7.05 Å². The highest BCUT2D eigenvalue weighted by molar-refractivity contribution is 5.84. The highest BCUT2D eigenvalue weighted by Gasteiger charge is 2.17. The lowest BCUT2D eigenvalue weighted by molar-refractivity contribution is -0.121. The van der Waals surface area contributed by atoms with E-state index in [1.54, 1.807) is 18.0 Å². The number of hydrogen-bond acceptors (Lipinski definition) is 4. The van der Waals surface area contributed by atoms with Gasteiger partial charge in [-0.15, -0.1) is 0 Å². The average molecular weight is 342 g/mol. The Balaban J connectivity index is 1.58. The Kier molecular flexibility index (Phi) is 4.65. The summed E-state index contributed by atoms with van der Waals surface area (Å²) >= 11 is 0. The van der Waals surface area contributed by atoms with Crippen molar-refractivity contribution in [3.05, 3.63) is 41.9 Å². The molecule has 7 heteroatoms. The summed E-state index contributed by atoms with van der Waals surface area (Å²) in [6, 6.07) is 7.77. The first-order valence-electron chi connectivity index (χ1n) is 8.10. The monoisotopic (exact) mass is 342 g/mol. The number of methoxy groups -OCH3 is 1. The van der Waals surface area contributed by atoms with E-state index < -0.39 is 0 Å². The number of nitrogens with zero attached hydrogens (tertiary/aromatic N) is 3. The number of imidazole rings is 1. The molecule has 0 aliphatic rings. The topological polar surface area (TPSA) is 81.3 Å². The second kappa shape index (κ2) is 6.88. The maximum Gasteiger partial charge on any atom is 0.240 e. The number of nitrogens with one attached hydrogen (secondary N) is 1. The quantitative estimate of drug-likeness (QED) is 0.715. The van der Waals surface area contributed by atoms with Gasteiger partial charge in [0, 0.05) is 13.6 Å². The standard InChI is InChI=1S/C18H22N4O3/c1-12-17(24)16-18(21(12)2)20-11-22(16)10-15(23)19-9-8-13-4-6-14(25-3)7-5-13/h4-7,11,24H,8-10H2,1-3H3,(H,19,23). The molecule has 2 aromatic heterocycles. The van der Waals surface area contributed by atoms with E-state index in [4.69, 9.17) is 4.74 Å². The van der Waals surface area contributed by atoms with Crippen molar-refractivity contribution in [2.75, 3.05) is 13.7 Å². The highest BCUT2D eigenvalue weighted by Crippen LogP contribution is 2.29. The molecule has 132 valence electrons. The van der Waals surface area contributed by atoms with Crippen molar-refractivity contribution in [1.29, 1.82) is 0 Å². The second-order valence-corrected chi connectivity index (χ2v) is 5.99. The van der Waals surface area contributed by atoms with Crippen LogP contribution in [0.25, 0.3) is 11.2 Å². The fourth-order valence-corrected chi connectivity index (χ4v) is 2.82. The maximum absolute atomic E-state index is 12.2. The number of aromatic nitrogens is 3. The van der Waals surface area contributed by atoms with Gasteiger partial charge in [0.05, 0.1) is 19.1 Å². The molecular weight excluding hydrogens is 320 g/mol. The first-order chi connectivity index (χ1) is 12.0. The summed E-state index contributed by atoms with van der Waals surface area (Å²) in [5.41, 5.74) is 3.11. The number of amides is 1. The molecule has 2 heterocycles. The predicted octanol–water partition coefficient (Wildman–Crippen LogP) is 1.76. The maximum atomic E-state index is 12.2. The lowest BCUT2D eigenvalue weighted by atomic mass is 10.1. The largest absolute Gasteiger partial charge is 0.504 e. The molecule has 7 nitrogen and oxygen atoms in total. The van der Waals surface area contributed by atoms with Gasteiger partial charge in [0.25, 0.3) is 0 Å². The Morgan fingerprint density at radius 3 is 2.72 bits per heavy atom. The molecule has 0 unspecified atom stereocenters. The normalized spacial score (nSPS) is 11.0. The van der Waals surface area contributed by atoms with E-state index in [0.29, 0.717) is 17.7 Å². The number of hydrogen-bond donors (Lipinski definition) is 2. The van der Waals surface area contributed by atoms with Crippen molar-refractivity contribution in [2.45, 2.75) is 19.9 Å². The van der Waals surface area contributed by atoms with Crippen molar-refractivity contribution >= 4 is 17.1 Å². The number of carbonyl (C=O) groups excluding carboxylic acids is 1. The minimum absolute atomic E-state index is 0.117. The first-order valence-corrected chi connectivity index (χ1v) is 8.10. The highest BCUT2D eigenvalue weighted by atomic mass is 16.5. The zero-order valence-corrected chi connectivity index (χ0v) is 14.6. The molecule has 0 aliphatic carbocycles. The van der Waals surface area contributed by atoms with Gasteiger partial charge in [0.2, 0.25) is 5.91 Å². The summed E-state index contributed by atoms with van der Waals surface area (Å²) in [6.45, 7) is 2.48. The van der Waals surface area contributed by atoms with E-state index in [1.165, 1.54) is 0 Å². The number of ether oxygens (including phenoxy) is 1. The third-order valence-corrected chi connectivity index (χ3v) is 4.42. The van der Waals surface area contributed by atoms with Crippen LogP contribution in [0.3, 0.4) is 0 Å². The molecule has 0 saturated carbocycles. The van der Waals surface area contributed by atoms with E-state index in [0.717, 1.165) is 23.4 Å². The van der Waals surface area contributed by atoms with Gasteiger partial charge in [-0.05, 0) is 31.0 Å². The molecule has 1 aromatic carbocycles. The van der Waals surface area contributed by atoms with Crippen molar-refractivity contribution in [3.63, 3.8) is 0 Å². The van der Waals surface area contributed by atoms with E-state index in [2.05, 4.69) is 10.3 Å². The van der Waals surface area contributed by atoms with Gasteiger partial charge in [0.1, 0.15) is 17.8 Å². The third-order valence-electron chi connectivity index (χ3n) is 4.42. The lowest BCUT2D eigenvalue weighted by Gasteiger charge is -2.07. The van der Waals surface area contributed by atoms with Crippen molar-refractivity contribution in [1.82, 2.24) is 19.4 Å². The molecule has 0 radical (unpaired) electrons. The predicted molar refractivity (Wildman–Crippen MR) is 94.8 cm³/mol. The van der Waals surface area contributed by atoms with Gasteiger partial charge >= 0.3 is 0 Å². The van der Waals surface area contributed by atoms with Crippen LogP contribution in [0.2, 0.25) is 0 Å². The van der Waals surface area contributed by atoms with Gasteiger partial charge in [0.15, 0.2) is 11.4 Å². The van der Waals surface area contributed by atoms with Crippen LogP contribution >= 0.6 is 0 Å². The number of rotatable bonds is 6. The minimum Gasteiger partial charge on any atom is -0.504 e. The Morgan fingerprint density at radius 1 is 1.32 bits per heavy atom. The second-order valence-electron chi connectivity index (χ2n) is 5.99. The SMILES string of the molecule is COc1ccc(CCNC(=O)Cn2cnc3c2c(O)c(C)n3C)cc1. The molecule has 25 heavy (non-hydrogen) atoms. The number of carbonyl (C=O) groups is 1. The van der Waals surface area contributed by atoms with Gasteiger partial charge in [-0.1, -0.05) is 12.1 Å². The van der Waals surface area contributed by atoms with Gasteiger partial charge in [-0.25, -0.2) is 4.98 Å².